The Balaban J connectivity index is 2.04. The molecule has 4 aromatic carbocycles. The van der Waals surface area contributed by atoms with E-state index in [0.29, 0.717) is 47.9 Å². The minimum Gasteiger partial charge on any atom is -0.540 e. The lowest BCUT2D eigenvalue weighted by Crippen LogP contribution is -2.50. The van der Waals surface area contributed by atoms with Gasteiger partial charge in [0.15, 0.2) is 28.7 Å². The summed E-state index contributed by atoms with van der Waals surface area (Å²) in [5.74, 6) is 2.61. The minimum atomic E-state index is -2.34. The quantitative estimate of drug-likeness (QED) is 0.0546. The van der Waals surface area contributed by atoms with Gasteiger partial charge in [-0.1, -0.05) is 101 Å². The van der Waals surface area contributed by atoms with Gasteiger partial charge < -0.3 is 28.8 Å². The molecular weight excluding hydrogens is 629 g/mol. The van der Waals surface area contributed by atoms with E-state index in [-0.39, 0.29) is 11.5 Å². The van der Waals surface area contributed by atoms with Crippen LogP contribution in [0, 0.1) is 0 Å². The second kappa shape index (κ2) is 17.6. The van der Waals surface area contributed by atoms with Crippen molar-refractivity contribution < 1.29 is 28.8 Å². The summed E-state index contributed by atoms with van der Waals surface area (Å²) in [4.78, 5) is 0. The number of fused-ring (bicyclic) bond motifs is 6. The van der Waals surface area contributed by atoms with Crippen LogP contribution in [0.15, 0.2) is 36.4 Å². The summed E-state index contributed by atoms with van der Waals surface area (Å²) in [5.41, 5.74) is 1.16. The molecule has 270 valence electrons. The molecule has 0 spiro atoms. The fraction of sp³-hybridized carbons (Fsp3) is 0.571. The first-order chi connectivity index (χ1) is 23.5. The highest BCUT2D eigenvalue weighted by Gasteiger charge is 2.47. The van der Waals surface area contributed by atoms with Crippen LogP contribution in [0.5, 0.6) is 34.5 Å². The van der Waals surface area contributed by atoms with E-state index < -0.39 is 8.32 Å². The molecule has 2 N–H and O–H groups in total. The van der Waals surface area contributed by atoms with Crippen molar-refractivity contribution in [1.29, 1.82) is 0 Å². The number of rotatable bonds is 20. The van der Waals surface area contributed by atoms with Crippen molar-refractivity contribution in [2.24, 2.45) is 0 Å². The van der Waals surface area contributed by atoms with Gasteiger partial charge in [0.2, 0.25) is 0 Å². The highest BCUT2D eigenvalue weighted by molar-refractivity contribution is 6.78. The largest absolute Gasteiger partial charge is 0.540 e. The Hall–Kier alpha value is -3.32. The van der Waals surface area contributed by atoms with E-state index in [1.54, 1.807) is 12.1 Å². The molecule has 0 fully saturated rings. The maximum absolute atomic E-state index is 11.3. The van der Waals surface area contributed by atoms with Crippen LogP contribution in [-0.2, 0) is 0 Å². The van der Waals surface area contributed by atoms with Crippen molar-refractivity contribution in [3.63, 3.8) is 0 Å². The summed E-state index contributed by atoms with van der Waals surface area (Å²) < 4.78 is 26.2. The first-order valence-corrected chi connectivity index (χ1v) is 21.1. The monoisotopic (exact) mass is 690 g/mol. The number of hydrogen-bond acceptors (Lipinski definition) is 6. The fourth-order valence-corrected chi connectivity index (χ4v) is 12.9. The van der Waals surface area contributed by atoms with Crippen molar-refractivity contribution in [2.75, 3.05) is 19.8 Å². The van der Waals surface area contributed by atoms with Crippen molar-refractivity contribution in [3.05, 3.63) is 36.4 Å². The Bertz CT molecular complexity index is 1620. The first-order valence-electron chi connectivity index (χ1n) is 19.0. The van der Waals surface area contributed by atoms with Crippen LogP contribution in [0.4, 0.5) is 0 Å². The molecule has 0 bridgehead atoms. The van der Waals surface area contributed by atoms with E-state index in [1.165, 1.54) is 0 Å². The number of phenolic OH excluding ortho intramolecular Hbond substituents is 2. The normalized spacial score (nSPS) is 12.2. The number of unbranched alkanes of at least 4 members (excludes halogenated alkanes) is 6. The molecule has 0 radical (unpaired) electrons. The van der Waals surface area contributed by atoms with E-state index in [4.69, 9.17) is 18.6 Å². The first kappa shape index (κ1) is 38.5. The number of hydrogen-bond donors (Lipinski definition) is 2. The molecule has 0 atom stereocenters. The van der Waals surface area contributed by atoms with E-state index in [9.17, 15) is 10.2 Å². The second-order valence-corrected chi connectivity index (χ2v) is 20.0. The van der Waals surface area contributed by atoms with Gasteiger partial charge in [0.25, 0.3) is 8.32 Å². The molecule has 0 saturated heterocycles. The summed E-state index contributed by atoms with van der Waals surface area (Å²) in [7, 11) is -2.34. The lowest BCUT2D eigenvalue weighted by molar-refractivity contribution is 0.290. The Labute approximate surface area is 296 Å². The molecule has 7 heteroatoms. The SMILES string of the molecule is CCCCCOc1cc2c(cc1O)c1cc(OCCCCC)c(O)cc1c1cc(OCCCCC)c(O[Si](C(C)C)(C(C)C)C(C)C)cc21. The number of ether oxygens (including phenoxy) is 3. The van der Waals surface area contributed by atoms with Gasteiger partial charge in [-0.15, -0.1) is 0 Å². The average molecular weight is 691 g/mol. The third-order valence-electron chi connectivity index (χ3n) is 10.2. The molecule has 0 heterocycles. The van der Waals surface area contributed by atoms with Gasteiger partial charge in [-0.3, -0.25) is 0 Å². The van der Waals surface area contributed by atoms with E-state index >= 15 is 0 Å². The van der Waals surface area contributed by atoms with Crippen LogP contribution in [0.25, 0.3) is 32.3 Å². The fourth-order valence-electron chi connectivity index (χ4n) is 7.60. The summed E-state index contributed by atoms with van der Waals surface area (Å²) in [6.07, 6.45) is 9.34. The third kappa shape index (κ3) is 8.53. The second-order valence-electron chi connectivity index (χ2n) is 14.7. The number of phenols is 2. The third-order valence-corrected chi connectivity index (χ3v) is 16.2. The molecule has 0 aliphatic rings. The summed E-state index contributed by atoms with van der Waals surface area (Å²) in [6, 6.07) is 11.7. The van der Waals surface area contributed by atoms with Gasteiger partial charge in [-0.05, 0) is 105 Å². The van der Waals surface area contributed by atoms with Gasteiger partial charge in [0.1, 0.15) is 5.75 Å². The summed E-state index contributed by atoms with van der Waals surface area (Å²) in [6.45, 7) is 22.0. The van der Waals surface area contributed by atoms with E-state index in [0.717, 1.165) is 102 Å². The van der Waals surface area contributed by atoms with Crippen LogP contribution in [-0.4, -0.2) is 38.4 Å². The lowest BCUT2D eigenvalue weighted by atomic mass is 9.93. The van der Waals surface area contributed by atoms with Crippen LogP contribution in [0.2, 0.25) is 16.6 Å². The molecule has 4 rings (SSSR count). The maximum atomic E-state index is 11.3. The zero-order chi connectivity index (χ0) is 35.7. The molecule has 6 nitrogen and oxygen atoms in total. The van der Waals surface area contributed by atoms with Gasteiger partial charge in [0.05, 0.1) is 19.8 Å². The summed E-state index contributed by atoms with van der Waals surface area (Å²) >= 11 is 0. The molecule has 0 saturated carbocycles. The predicted molar refractivity (Wildman–Crippen MR) is 209 cm³/mol. The molecular formula is C42H62O6Si. The minimum absolute atomic E-state index is 0.0985. The van der Waals surface area contributed by atoms with Crippen LogP contribution in [0.3, 0.4) is 0 Å². The Morgan fingerprint density at radius 1 is 0.449 bits per heavy atom. The average Bonchev–Trinajstić information content (AvgIpc) is 3.06. The molecule has 0 amide bonds. The van der Waals surface area contributed by atoms with E-state index in [2.05, 4.69) is 74.4 Å². The predicted octanol–water partition coefficient (Wildman–Crippen LogP) is 12.8. The van der Waals surface area contributed by atoms with Crippen molar-refractivity contribution >= 4 is 40.6 Å². The lowest BCUT2D eigenvalue weighted by Gasteiger charge is -2.42. The maximum Gasteiger partial charge on any atom is 0.258 e. The van der Waals surface area contributed by atoms with Crippen molar-refractivity contribution in [1.82, 2.24) is 0 Å². The molecule has 0 unspecified atom stereocenters. The van der Waals surface area contributed by atoms with Gasteiger partial charge in [-0.2, -0.15) is 0 Å². The van der Waals surface area contributed by atoms with Crippen molar-refractivity contribution in [3.8, 4) is 34.5 Å². The van der Waals surface area contributed by atoms with Crippen LogP contribution in [0.1, 0.15) is 120 Å². The van der Waals surface area contributed by atoms with Crippen LogP contribution >= 0.6 is 0 Å². The van der Waals surface area contributed by atoms with Crippen molar-refractivity contribution in [2.45, 2.75) is 137 Å². The topological polar surface area (TPSA) is 77.4 Å². The zero-order valence-electron chi connectivity index (χ0n) is 31.7. The van der Waals surface area contributed by atoms with Gasteiger partial charge in [-0.25, -0.2) is 0 Å². The molecule has 49 heavy (non-hydrogen) atoms. The standard InChI is InChI=1S/C42H62O6Si/c1-10-13-16-19-45-39-24-33-31-22-37(43)40(46-20-17-14-11-2)25-34(31)36-27-42(48-49(28(4)5,29(6)7)30(8)9)41(47-21-18-15-12-3)26-35(36)32(33)23-38(39)44/h22-30,43-44H,10-21H2,1-9H3. The Morgan fingerprint density at radius 3 is 1.10 bits per heavy atom. The summed E-state index contributed by atoms with van der Waals surface area (Å²) in [5, 5.41) is 28.0. The Morgan fingerprint density at radius 2 is 0.755 bits per heavy atom. The Kier molecular flexibility index (Phi) is 13.8. The number of benzene rings is 4. The molecule has 0 aliphatic heterocycles. The number of aromatic hydroxyl groups is 2. The molecule has 4 aromatic rings. The smallest absolute Gasteiger partial charge is 0.258 e. The highest BCUT2D eigenvalue weighted by Crippen LogP contribution is 2.49. The van der Waals surface area contributed by atoms with Gasteiger partial charge >= 0.3 is 0 Å². The van der Waals surface area contributed by atoms with Crippen LogP contribution < -0.4 is 18.6 Å². The van der Waals surface area contributed by atoms with Gasteiger partial charge in [0, 0.05) is 0 Å². The zero-order valence-corrected chi connectivity index (χ0v) is 32.7. The molecule has 0 aromatic heterocycles. The highest BCUT2D eigenvalue weighted by atomic mass is 28.4. The van der Waals surface area contributed by atoms with E-state index in [1.807, 2.05) is 12.1 Å². The molecule has 0 aliphatic carbocycles.